The standard InChI is InChI=1S/C30H36F2N8/c1-5-38-10-8-30(17-38)9-11-39(18-30)16-21-6-7-26(33-14-21)36-29-34-15-24(32)27(37-29)22-12-23(31)28-25(13-22)40(19(2)3)20(4)35-28/h6-7,12-15,19H,5,8-11,16-18H2,1-4H3,(H,33,34,36,37). The van der Waals surface area contributed by atoms with Gasteiger partial charge in [-0.2, -0.15) is 0 Å². The largest absolute Gasteiger partial charge is 0.326 e. The van der Waals surface area contributed by atoms with Gasteiger partial charge in [-0.1, -0.05) is 13.0 Å². The molecule has 10 heteroatoms. The molecular formula is C30H36F2N8. The molecule has 1 unspecified atom stereocenters. The number of rotatable bonds is 7. The van der Waals surface area contributed by atoms with E-state index in [-0.39, 0.29) is 23.2 Å². The molecule has 6 rings (SSSR count). The van der Waals surface area contributed by atoms with Gasteiger partial charge in [0.25, 0.3) is 0 Å². The summed E-state index contributed by atoms with van der Waals surface area (Å²) in [6, 6.07) is 7.01. The number of likely N-dealkylation sites (tertiary alicyclic amines) is 2. The Morgan fingerprint density at radius 2 is 1.75 bits per heavy atom. The minimum Gasteiger partial charge on any atom is -0.326 e. The second-order valence-corrected chi connectivity index (χ2v) is 11.6. The van der Waals surface area contributed by atoms with Crippen LogP contribution < -0.4 is 5.32 Å². The van der Waals surface area contributed by atoms with Crippen molar-refractivity contribution in [1.29, 1.82) is 0 Å². The predicted molar refractivity (Wildman–Crippen MR) is 152 cm³/mol. The van der Waals surface area contributed by atoms with Gasteiger partial charge in [-0.3, -0.25) is 4.90 Å². The van der Waals surface area contributed by atoms with Crippen LogP contribution in [0, 0.1) is 24.0 Å². The second kappa shape index (κ2) is 10.5. The highest BCUT2D eigenvalue weighted by Gasteiger charge is 2.42. The van der Waals surface area contributed by atoms with Crippen LogP contribution >= 0.6 is 0 Å². The molecular weight excluding hydrogens is 510 g/mol. The SMILES string of the molecule is CCN1CCC2(CCN(Cc3ccc(Nc4ncc(F)c(-c5cc(F)c6nc(C)n(C(C)C)c6c5)n4)nc3)C2)C1. The fourth-order valence-electron chi connectivity index (χ4n) is 6.45. The molecule has 2 aliphatic heterocycles. The molecule has 2 fully saturated rings. The number of pyridine rings is 1. The Balaban J connectivity index is 1.17. The van der Waals surface area contributed by atoms with E-state index in [0.29, 0.717) is 28.1 Å². The molecule has 8 nitrogen and oxygen atoms in total. The predicted octanol–water partition coefficient (Wildman–Crippen LogP) is 5.72. The maximum atomic E-state index is 15.0. The maximum absolute atomic E-state index is 15.0. The average molecular weight is 547 g/mol. The fourth-order valence-corrected chi connectivity index (χ4v) is 6.45. The monoisotopic (exact) mass is 546 g/mol. The molecule has 0 aliphatic carbocycles. The molecule has 0 bridgehead atoms. The van der Waals surface area contributed by atoms with Crippen LogP contribution in [0.5, 0.6) is 0 Å². The van der Waals surface area contributed by atoms with E-state index in [1.165, 1.54) is 32.0 Å². The van der Waals surface area contributed by atoms with Gasteiger partial charge in [0.15, 0.2) is 11.6 Å². The van der Waals surface area contributed by atoms with E-state index in [9.17, 15) is 8.78 Å². The Bertz CT molecular complexity index is 1530. The lowest BCUT2D eigenvalue weighted by molar-refractivity contribution is 0.241. The van der Waals surface area contributed by atoms with Crippen LogP contribution in [0.3, 0.4) is 0 Å². The molecule has 2 saturated heterocycles. The van der Waals surface area contributed by atoms with Crippen LogP contribution in [0.2, 0.25) is 0 Å². The molecule has 1 aromatic carbocycles. The van der Waals surface area contributed by atoms with Crippen molar-refractivity contribution in [3.05, 3.63) is 59.7 Å². The van der Waals surface area contributed by atoms with Crippen molar-refractivity contribution < 1.29 is 8.78 Å². The first-order valence-electron chi connectivity index (χ1n) is 14.1. The Hall–Kier alpha value is -3.50. The van der Waals surface area contributed by atoms with E-state index in [4.69, 9.17) is 0 Å². The zero-order chi connectivity index (χ0) is 28.0. The Labute approximate surface area is 233 Å². The van der Waals surface area contributed by atoms with Crippen molar-refractivity contribution in [2.75, 3.05) is 38.0 Å². The molecule has 0 amide bonds. The van der Waals surface area contributed by atoms with Gasteiger partial charge in [0, 0.05) is 37.4 Å². The lowest BCUT2D eigenvalue weighted by Crippen LogP contribution is -2.30. The topological polar surface area (TPSA) is 75.0 Å². The highest BCUT2D eigenvalue weighted by atomic mass is 19.1. The Morgan fingerprint density at radius 1 is 0.975 bits per heavy atom. The number of imidazole rings is 1. The summed E-state index contributed by atoms with van der Waals surface area (Å²) < 4.78 is 31.8. The quantitative estimate of drug-likeness (QED) is 0.318. The molecule has 0 saturated carbocycles. The highest BCUT2D eigenvalue weighted by Crippen LogP contribution is 2.39. The van der Waals surface area contributed by atoms with E-state index in [2.05, 4.69) is 48.0 Å². The summed E-state index contributed by atoms with van der Waals surface area (Å²) in [4.78, 5) is 22.5. The lowest BCUT2D eigenvalue weighted by atomic mass is 9.86. The number of hydrogen-bond donors (Lipinski definition) is 1. The third kappa shape index (κ3) is 5.06. The van der Waals surface area contributed by atoms with Gasteiger partial charge < -0.3 is 14.8 Å². The number of aryl methyl sites for hydroxylation is 1. The number of nitrogens with one attached hydrogen (secondary N) is 1. The van der Waals surface area contributed by atoms with Crippen molar-refractivity contribution >= 4 is 22.8 Å². The summed E-state index contributed by atoms with van der Waals surface area (Å²) >= 11 is 0. The molecule has 210 valence electrons. The molecule has 5 heterocycles. The normalized spacial score (nSPS) is 20.0. The van der Waals surface area contributed by atoms with Gasteiger partial charge in [0.05, 0.1) is 11.7 Å². The van der Waals surface area contributed by atoms with Crippen molar-refractivity contribution in [3.8, 4) is 11.3 Å². The maximum Gasteiger partial charge on any atom is 0.229 e. The van der Waals surface area contributed by atoms with Crippen LogP contribution in [-0.4, -0.2) is 67.0 Å². The smallest absolute Gasteiger partial charge is 0.229 e. The number of hydrogen-bond acceptors (Lipinski definition) is 7. The Kier molecular flexibility index (Phi) is 7.00. The Morgan fingerprint density at radius 3 is 2.45 bits per heavy atom. The molecule has 3 aromatic heterocycles. The summed E-state index contributed by atoms with van der Waals surface area (Å²) in [5, 5.41) is 3.07. The number of aromatic nitrogens is 5. The third-order valence-corrected chi connectivity index (χ3v) is 8.41. The number of anilines is 2. The second-order valence-electron chi connectivity index (χ2n) is 11.6. The zero-order valence-electron chi connectivity index (χ0n) is 23.6. The van der Waals surface area contributed by atoms with Gasteiger partial charge in [0.1, 0.15) is 22.9 Å². The number of nitrogens with zero attached hydrogens (tertiary/aromatic N) is 7. The first-order valence-corrected chi connectivity index (χ1v) is 14.1. The summed E-state index contributed by atoms with van der Waals surface area (Å²) in [6.07, 6.45) is 5.51. The van der Waals surface area contributed by atoms with Crippen molar-refractivity contribution in [1.82, 2.24) is 34.3 Å². The molecule has 0 radical (unpaired) electrons. The van der Waals surface area contributed by atoms with E-state index in [1.807, 2.05) is 37.6 Å². The van der Waals surface area contributed by atoms with Crippen LogP contribution in [0.4, 0.5) is 20.5 Å². The van der Waals surface area contributed by atoms with Gasteiger partial charge in [0.2, 0.25) is 5.95 Å². The van der Waals surface area contributed by atoms with E-state index >= 15 is 0 Å². The van der Waals surface area contributed by atoms with Crippen LogP contribution in [0.1, 0.15) is 51.0 Å². The van der Waals surface area contributed by atoms with E-state index < -0.39 is 11.6 Å². The molecule has 1 spiro atoms. The van der Waals surface area contributed by atoms with Crippen molar-refractivity contribution in [3.63, 3.8) is 0 Å². The summed E-state index contributed by atoms with van der Waals surface area (Å²) in [5.41, 5.74) is 2.80. The summed E-state index contributed by atoms with van der Waals surface area (Å²) in [6.45, 7) is 14.8. The number of fused-ring (bicyclic) bond motifs is 1. The van der Waals surface area contributed by atoms with Gasteiger partial charge >= 0.3 is 0 Å². The van der Waals surface area contributed by atoms with Crippen molar-refractivity contribution in [2.24, 2.45) is 5.41 Å². The molecule has 40 heavy (non-hydrogen) atoms. The fraction of sp³-hybridized carbons (Fsp3) is 0.467. The van der Waals surface area contributed by atoms with Gasteiger partial charge in [-0.15, -0.1) is 0 Å². The van der Waals surface area contributed by atoms with E-state index in [1.54, 1.807) is 6.07 Å². The van der Waals surface area contributed by atoms with Crippen LogP contribution in [0.15, 0.2) is 36.7 Å². The van der Waals surface area contributed by atoms with E-state index in [0.717, 1.165) is 37.9 Å². The minimum absolute atomic E-state index is 0.0144. The van der Waals surface area contributed by atoms with Gasteiger partial charge in [-0.05, 0) is 82.4 Å². The molecule has 1 atom stereocenters. The molecule has 2 aliphatic rings. The van der Waals surface area contributed by atoms with Crippen LogP contribution in [-0.2, 0) is 6.54 Å². The first-order chi connectivity index (χ1) is 19.2. The zero-order valence-corrected chi connectivity index (χ0v) is 23.6. The summed E-state index contributed by atoms with van der Waals surface area (Å²) in [7, 11) is 0. The number of halogens is 2. The van der Waals surface area contributed by atoms with Crippen LogP contribution in [0.25, 0.3) is 22.3 Å². The average Bonchev–Trinajstić information content (AvgIpc) is 3.62. The number of benzene rings is 1. The highest BCUT2D eigenvalue weighted by molar-refractivity contribution is 5.83. The molecule has 4 aromatic rings. The lowest BCUT2D eigenvalue weighted by Gasteiger charge is -2.24. The third-order valence-electron chi connectivity index (χ3n) is 8.41. The first kappa shape index (κ1) is 26.7. The van der Waals surface area contributed by atoms with Crippen molar-refractivity contribution in [2.45, 2.75) is 53.1 Å². The molecule has 1 N–H and O–H groups in total. The minimum atomic E-state index is -0.632. The van der Waals surface area contributed by atoms with Gasteiger partial charge in [-0.25, -0.2) is 28.7 Å². The summed E-state index contributed by atoms with van der Waals surface area (Å²) in [5.74, 6) is 0.302.